The summed E-state index contributed by atoms with van der Waals surface area (Å²) in [6.45, 7) is 1.08. The van der Waals surface area contributed by atoms with Crippen LogP contribution >= 0.6 is 0 Å². The number of amides is 1. The Morgan fingerprint density at radius 1 is 1.04 bits per heavy atom. The summed E-state index contributed by atoms with van der Waals surface area (Å²) in [6, 6.07) is 8.39. The number of anilines is 1. The van der Waals surface area contributed by atoms with Gasteiger partial charge in [0.15, 0.2) is 0 Å². The molecule has 0 radical (unpaired) electrons. The minimum absolute atomic E-state index is 0.173. The van der Waals surface area contributed by atoms with E-state index in [4.69, 9.17) is 0 Å². The lowest BCUT2D eigenvalue weighted by atomic mass is 10.2. The van der Waals surface area contributed by atoms with Gasteiger partial charge in [0.2, 0.25) is 10.0 Å². The number of hydrogen-bond donors (Lipinski definition) is 1. The third-order valence-electron chi connectivity index (χ3n) is 5.63. The minimum atomic E-state index is -3.57. The predicted octanol–water partition coefficient (Wildman–Crippen LogP) is 3.43. The van der Waals surface area contributed by atoms with Gasteiger partial charge in [-0.25, -0.2) is 13.1 Å². The highest BCUT2D eigenvalue weighted by atomic mass is 32.2. The lowest BCUT2D eigenvalue weighted by molar-refractivity contribution is 0.102. The summed E-state index contributed by atoms with van der Waals surface area (Å²) in [4.78, 5) is 12.9. The Morgan fingerprint density at radius 3 is 2.54 bits per heavy atom. The predicted molar refractivity (Wildman–Crippen MR) is 107 cm³/mol. The van der Waals surface area contributed by atoms with Crippen molar-refractivity contribution in [1.82, 2.24) is 14.1 Å². The van der Waals surface area contributed by atoms with Gasteiger partial charge in [-0.05, 0) is 43.9 Å². The van der Waals surface area contributed by atoms with Gasteiger partial charge >= 0.3 is 0 Å². The molecule has 150 valence electrons. The van der Waals surface area contributed by atoms with Crippen molar-refractivity contribution < 1.29 is 13.2 Å². The van der Waals surface area contributed by atoms with Crippen molar-refractivity contribution in [1.29, 1.82) is 0 Å². The molecule has 2 heterocycles. The summed E-state index contributed by atoms with van der Waals surface area (Å²) < 4.78 is 29.2. The number of rotatable bonds is 5. The highest BCUT2D eigenvalue weighted by molar-refractivity contribution is 7.89. The first kappa shape index (κ1) is 19.1. The van der Waals surface area contributed by atoms with Gasteiger partial charge in [0.1, 0.15) is 5.82 Å². The largest absolute Gasteiger partial charge is 0.307 e. The van der Waals surface area contributed by atoms with Crippen LogP contribution in [0.25, 0.3) is 0 Å². The molecule has 1 aliphatic heterocycles. The molecule has 0 spiro atoms. The van der Waals surface area contributed by atoms with Gasteiger partial charge in [-0.15, -0.1) is 0 Å². The van der Waals surface area contributed by atoms with Crippen molar-refractivity contribution in [2.75, 3.05) is 18.4 Å². The lowest BCUT2D eigenvalue weighted by Crippen LogP contribution is -2.35. The molecule has 1 aromatic carbocycles. The fraction of sp³-hybridized carbons (Fsp3) is 0.500. The second-order valence-electron chi connectivity index (χ2n) is 7.55. The number of carbonyl (C=O) groups is 1. The summed E-state index contributed by atoms with van der Waals surface area (Å²) in [5.41, 5.74) is 0.331. The maximum absolute atomic E-state index is 12.9. The lowest BCUT2D eigenvalue weighted by Gasteiger charge is -2.26. The van der Waals surface area contributed by atoms with Crippen LogP contribution in [0.15, 0.2) is 41.4 Å². The van der Waals surface area contributed by atoms with Crippen LogP contribution in [0, 0.1) is 0 Å². The van der Waals surface area contributed by atoms with Gasteiger partial charge in [0, 0.05) is 24.7 Å². The molecule has 0 bridgehead atoms. The van der Waals surface area contributed by atoms with Crippen LogP contribution in [0.5, 0.6) is 0 Å². The SMILES string of the molecule is O=C(Nc1ccnn1C1CCCC1)c1cccc(S(=O)(=O)N2CCCCC2)c1. The van der Waals surface area contributed by atoms with Crippen molar-refractivity contribution in [3.8, 4) is 0 Å². The van der Waals surface area contributed by atoms with Crippen LogP contribution in [0.1, 0.15) is 61.3 Å². The van der Waals surface area contributed by atoms with Crippen molar-refractivity contribution in [2.45, 2.75) is 55.9 Å². The molecule has 1 N–H and O–H groups in total. The fourth-order valence-electron chi connectivity index (χ4n) is 4.09. The maximum atomic E-state index is 12.9. The van der Waals surface area contributed by atoms with E-state index in [1.54, 1.807) is 30.5 Å². The van der Waals surface area contributed by atoms with Crippen molar-refractivity contribution >= 4 is 21.7 Å². The maximum Gasteiger partial charge on any atom is 0.256 e. The van der Waals surface area contributed by atoms with E-state index in [0.29, 0.717) is 30.5 Å². The molecule has 2 aliphatic rings. The van der Waals surface area contributed by atoms with E-state index in [1.807, 2.05) is 4.68 Å². The van der Waals surface area contributed by atoms with E-state index < -0.39 is 10.0 Å². The second kappa shape index (κ2) is 8.05. The first-order chi connectivity index (χ1) is 13.6. The molecule has 1 aromatic heterocycles. The van der Waals surface area contributed by atoms with Crippen LogP contribution < -0.4 is 5.32 Å². The number of sulfonamides is 1. The summed E-state index contributed by atoms with van der Waals surface area (Å²) in [5, 5.41) is 7.26. The molecule has 2 fully saturated rings. The Bertz CT molecular complexity index is 942. The third-order valence-corrected chi connectivity index (χ3v) is 7.53. The van der Waals surface area contributed by atoms with E-state index in [1.165, 1.54) is 23.2 Å². The molecule has 1 amide bonds. The number of nitrogens with zero attached hydrogens (tertiary/aromatic N) is 3. The van der Waals surface area contributed by atoms with Gasteiger partial charge in [0.25, 0.3) is 5.91 Å². The van der Waals surface area contributed by atoms with Crippen molar-refractivity contribution in [2.24, 2.45) is 0 Å². The van der Waals surface area contributed by atoms with E-state index in [0.717, 1.165) is 32.1 Å². The van der Waals surface area contributed by atoms with E-state index >= 15 is 0 Å². The smallest absolute Gasteiger partial charge is 0.256 e. The first-order valence-corrected chi connectivity index (χ1v) is 11.4. The second-order valence-corrected chi connectivity index (χ2v) is 9.48. The average molecular weight is 403 g/mol. The molecule has 0 atom stereocenters. The molecule has 7 nitrogen and oxygen atoms in total. The third kappa shape index (κ3) is 3.84. The number of piperidine rings is 1. The molecule has 28 heavy (non-hydrogen) atoms. The summed E-state index contributed by atoms with van der Waals surface area (Å²) in [6.07, 6.45) is 8.98. The monoisotopic (exact) mass is 402 g/mol. The van der Waals surface area contributed by atoms with Crippen molar-refractivity contribution in [3.63, 3.8) is 0 Å². The number of carbonyl (C=O) groups excluding carboxylic acids is 1. The van der Waals surface area contributed by atoms with Gasteiger partial charge in [0.05, 0.1) is 17.1 Å². The zero-order chi connectivity index (χ0) is 19.6. The Hall–Kier alpha value is -2.19. The van der Waals surface area contributed by atoms with E-state index in [-0.39, 0.29) is 10.8 Å². The van der Waals surface area contributed by atoms with E-state index in [2.05, 4.69) is 10.4 Å². The van der Waals surface area contributed by atoms with E-state index in [9.17, 15) is 13.2 Å². The van der Waals surface area contributed by atoms with Gasteiger partial charge < -0.3 is 5.32 Å². The zero-order valence-electron chi connectivity index (χ0n) is 15.9. The normalized spacial score (nSPS) is 19.0. The van der Waals surface area contributed by atoms with Gasteiger partial charge in [-0.2, -0.15) is 9.40 Å². The molecule has 2 aromatic rings. The Labute approximate surface area is 165 Å². The minimum Gasteiger partial charge on any atom is -0.307 e. The standard InChI is InChI=1S/C20H26N4O3S/c25-20(22-19-11-12-21-24(19)17-8-2-3-9-17)16-7-6-10-18(15-16)28(26,27)23-13-4-1-5-14-23/h6-7,10-12,15,17H,1-5,8-9,13-14H2,(H,22,25). The van der Waals surface area contributed by atoms with Crippen LogP contribution in [0.4, 0.5) is 5.82 Å². The highest BCUT2D eigenvalue weighted by Gasteiger charge is 2.27. The summed E-state index contributed by atoms with van der Waals surface area (Å²) in [5.74, 6) is 0.330. The van der Waals surface area contributed by atoms with Crippen LogP contribution in [0.2, 0.25) is 0 Å². The molecule has 4 rings (SSSR count). The topological polar surface area (TPSA) is 84.3 Å². The molecule has 1 saturated heterocycles. The molecule has 1 saturated carbocycles. The number of aromatic nitrogens is 2. The highest BCUT2D eigenvalue weighted by Crippen LogP contribution is 2.31. The molecule has 8 heteroatoms. The number of nitrogens with one attached hydrogen (secondary N) is 1. The number of hydrogen-bond acceptors (Lipinski definition) is 4. The molecular weight excluding hydrogens is 376 g/mol. The molecule has 1 aliphatic carbocycles. The van der Waals surface area contributed by atoms with Crippen molar-refractivity contribution in [3.05, 3.63) is 42.1 Å². The first-order valence-electron chi connectivity index (χ1n) is 10.0. The number of benzene rings is 1. The molecular formula is C20H26N4O3S. The van der Waals surface area contributed by atoms with Gasteiger partial charge in [-0.3, -0.25) is 4.79 Å². The summed E-state index contributed by atoms with van der Waals surface area (Å²) >= 11 is 0. The van der Waals surface area contributed by atoms with Gasteiger partial charge in [-0.1, -0.05) is 25.3 Å². The average Bonchev–Trinajstić information content (AvgIpc) is 3.40. The Balaban J connectivity index is 1.53. The summed E-state index contributed by atoms with van der Waals surface area (Å²) in [7, 11) is -3.57. The molecule has 0 unspecified atom stereocenters. The van der Waals surface area contributed by atoms with Crippen LogP contribution in [-0.4, -0.2) is 41.5 Å². The fourth-order valence-corrected chi connectivity index (χ4v) is 5.66. The quantitative estimate of drug-likeness (QED) is 0.830. The van der Waals surface area contributed by atoms with Crippen LogP contribution in [-0.2, 0) is 10.0 Å². The Morgan fingerprint density at radius 2 is 1.79 bits per heavy atom. The zero-order valence-corrected chi connectivity index (χ0v) is 16.7. The Kier molecular flexibility index (Phi) is 5.50. The van der Waals surface area contributed by atoms with Crippen LogP contribution in [0.3, 0.4) is 0 Å².